The van der Waals surface area contributed by atoms with E-state index in [4.69, 9.17) is 0 Å². The number of nitrogens with one attached hydrogen (secondary N) is 1. The number of rotatable bonds is 7. The summed E-state index contributed by atoms with van der Waals surface area (Å²) >= 11 is 0. The number of hydrogen-bond donors (Lipinski definition) is 1. The second-order valence-electron chi connectivity index (χ2n) is 3.32. The SMILES string of the molecule is COC(=O)CCCNC(C)CC(=O)OC. The predicted octanol–water partition coefficient (Wildman–Crippen LogP) is 0.481. The fourth-order valence-corrected chi connectivity index (χ4v) is 1.09. The van der Waals surface area contributed by atoms with Gasteiger partial charge in [-0.2, -0.15) is 0 Å². The Morgan fingerprint density at radius 1 is 1.20 bits per heavy atom. The van der Waals surface area contributed by atoms with Crippen molar-refractivity contribution in [3.63, 3.8) is 0 Å². The number of methoxy groups -OCH3 is 2. The van der Waals surface area contributed by atoms with E-state index in [0.29, 0.717) is 25.8 Å². The van der Waals surface area contributed by atoms with Crippen LogP contribution < -0.4 is 5.32 Å². The molecule has 0 amide bonds. The average Bonchev–Trinajstić information content (AvgIpc) is 2.23. The minimum atomic E-state index is -0.233. The molecule has 0 fully saturated rings. The first-order valence-corrected chi connectivity index (χ1v) is 4.97. The van der Waals surface area contributed by atoms with E-state index < -0.39 is 0 Å². The fourth-order valence-electron chi connectivity index (χ4n) is 1.09. The molecule has 5 nitrogen and oxygen atoms in total. The van der Waals surface area contributed by atoms with Crippen LogP contribution in [0.4, 0.5) is 0 Å². The van der Waals surface area contributed by atoms with Crippen LogP contribution in [0.5, 0.6) is 0 Å². The van der Waals surface area contributed by atoms with Gasteiger partial charge < -0.3 is 14.8 Å². The Kier molecular flexibility index (Phi) is 7.62. The molecule has 0 aromatic rings. The standard InChI is InChI=1S/C10H19NO4/c1-8(7-10(13)15-3)11-6-4-5-9(12)14-2/h8,11H,4-7H2,1-3H3. The second kappa shape index (κ2) is 8.23. The van der Waals surface area contributed by atoms with Crippen molar-refractivity contribution in [1.82, 2.24) is 5.32 Å². The Balaban J connectivity index is 3.42. The van der Waals surface area contributed by atoms with Crippen molar-refractivity contribution in [2.75, 3.05) is 20.8 Å². The summed E-state index contributed by atoms with van der Waals surface area (Å²) < 4.78 is 9.03. The number of esters is 2. The molecule has 0 saturated carbocycles. The van der Waals surface area contributed by atoms with Gasteiger partial charge in [0.15, 0.2) is 0 Å². The molecular weight excluding hydrogens is 198 g/mol. The van der Waals surface area contributed by atoms with E-state index in [-0.39, 0.29) is 18.0 Å². The molecule has 88 valence electrons. The summed E-state index contributed by atoms with van der Waals surface area (Å²) in [5.74, 6) is -0.444. The Bertz CT molecular complexity index is 206. The number of hydrogen-bond acceptors (Lipinski definition) is 5. The van der Waals surface area contributed by atoms with E-state index in [2.05, 4.69) is 14.8 Å². The average molecular weight is 217 g/mol. The molecule has 0 heterocycles. The van der Waals surface area contributed by atoms with E-state index >= 15 is 0 Å². The van der Waals surface area contributed by atoms with E-state index in [1.54, 1.807) is 0 Å². The van der Waals surface area contributed by atoms with Crippen LogP contribution >= 0.6 is 0 Å². The van der Waals surface area contributed by atoms with Gasteiger partial charge in [-0.15, -0.1) is 0 Å². The predicted molar refractivity (Wildman–Crippen MR) is 55.3 cm³/mol. The Morgan fingerprint density at radius 2 is 1.80 bits per heavy atom. The van der Waals surface area contributed by atoms with Crippen molar-refractivity contribution in [2.24, 2.45) is 0 Å². The molecular formula is C10H19NO4. The maximum Gasteiger partial charge on any atom is 0.307 e. The van der Waals surface area contributed by atoms with Gasteiger partial charge in [-0.25, -0.2) is 0 Å². The van der Waals surface area contributed by atoms with Crippen LogP contribution in [0.1, 0.15) is 26.2 Å². The lowest BCUT2D eigenvalue weighted by Gasteiger charge is -2.11. The van der Waals surface area contributed by atoms with Crippen LogP contribution in [0.25, 0.3) is 0 Å². The van der Waals surface area contributed by atoms with Gasteiger partial charge in [0.25, 0.3) is 0 Å². The summed E-state index contributed by atoms with van der Waals surface area (Å²) in [7, 11) is 2.74. The first-order chi connectivity index (χ1) is 7.10. The lowest BCUT2D eigenvalue weighted by molar-refractivity contribution is -0.142. The molecule has 15 heavy (non-hydrogen) atoms. The molecule has 1 N–H and O–H groups in total. The monoisotopic (exact) mass is 217 g/mol. The largest absolute Gasteiger partial charge is 0.469 e. The van der Waals surface area contributed by atoms with Crippen molar-refractivity contribution < 1.29 is 19.1 Å². The molecule has 0 aliphatic heterocycles. The molecule has 1 atom stereocenters. The summed E-state index contributed by atoms with van der Waals surface area (Å²) in [6, 6.07) is 0.0649. The number of carbonyl (C=O) groups is 2. The molecule has 0 spiro atoms. The molecule has 0 aliphatic rings. The van der Waals surface area contributed by atoms with Gasteiger partial charge in [0, 0.05) is 12.5 Å². The quantitative estimate of drug-likeness (QED) is 0.496. The van der Waals surface area contributed by atoms with Gasteiger partial charge in [0.1, 0.15) is 0 Å². The third kappa shape index (κ3) is 7.93. The zero-order valence-corrected chi connectivity index (χ0v) is 9.54. The lowest BCUT2D eigenvalue weighted by Crippen LogP contribution is -2.30. The highest BCUT2D eigenvalue weighted by Crippen LogP contribution is 1.95. The topological polar surface area (TPSA) is 64.6 Å². The van der Waals surface area contributed by atoms with Crippen LogP contribution in [0, 0.1) is 0 Å². The minimum Gasteiger partial charge on any atom is -0.469 e. The maximum absolute atomic E-state index is 10.9. The third-order valence-corrected chi connectivity index (χ3v) is 1.98. The molecule has 0 bridgehead atoms. The van der Waals surface area contributed by atoms with E-state index in [0.717, 1.165) is 0 Å². The number of carbonyl (C=O) groups excluding carboxylic acids is 2. The Labute approximate surface area is 90.1 Å². The minimum absolute atomic E-state index is 0.0649. The van der Waals surface area contributed by atoms with Gasteiger partial charge >= 0.3 is 11.9 Å². The molecule has 0 aromatic carbocycles. The van der Waals surface area contributed by atoms with Crippen molar-refractivity contribution in [2.45, 2.75) is 32.2 Å². The van der Waals surface area contributed by atoms with Gasteiger partial charge in [-0.1, -0.05) is 0 Å². The van der Waals surface area contributed by atoms with Crippen molar-refractivity contribution in [1.29, 1.82) is 0 Å². The van der Waals surface area contributed by atoms with Crippen molar-refractivity contribution in [3.05, 3.63) is 0 Å². The van der Waals surface area contributed by atoms with Crippen LogP contribution in [0.3, 0.4) is 0 Å². The van der Waals surface area contributed by atoms with Gasteiger partial charge in [0.2, 0.25) is 0 Å². The van der Waals surface area contributed by atoms with Gasteiger partial charge in [-0.05, 0) is 19.9 Å². The van der Waals surface area contributed by atoms with E-state index in [1.165, 1.54) is 14.2 Å². The molecule has 0 radical (unpaired) electrons. The maximum atomic E-state index is 10.9. The third-order valence-electron chi connectivity index (χ3n) is 1.98. The molecule has 0 aromatic heterocycles. The lowest BCUT2D eigenvalue weighted by atomic mass is 10.2. The smallest absolute Gasteiger partial charge is 0.307 e. The zero-order valence-electron chi connectivity index (χ0n) is 9.54. The van der Waals surface area contributed by atoms with Gasteiger partial charge in [0.05, 0.1) is 20.6 Å². The summed E-state index contributed by atoms with van der Waals surface area (Å²) in [4.78, 5) is 21.6. The molecule has 1 unspecified atom stereocenters. The van der Waals surface area contributed by atoms with Crippen molar-refractivity contribution >= 4 is 11.9 Å². The highest BCUT2D eigenvalue weighted by atomic mass is 16.5. The first-order valence-electron chi connectivity index (χ1n) is 4.97. The summed E-state index contributed by atoms with van der Waals surface area (Å²) in [6.07, 6.45) is 1.45. The molecule has 5 heteroatoms. The summed E-state index contributed by atoms with van der Waals surface area (Å²) in [5, 5.41) is 3.12. The highest BCUT2D eigenvalue weighted by Gasteiger charge is 2.08. The fraction of sp³-hybridized carbons (Fsp3) is 0.800. The highest BCUT2D eigenvalue weighted by molar-refractivity contribution is 5.70. The van der Waals surface area contributed by atoms with Crippen LogP contribution in [-0.4, -0.2) is 38.7 Å². The van der Waals surface area contributed by atoms with Crippen LogP contribution in [0.15, 0.2) is 0 Å². The van der Waals surface area contributed by atoms with Crippen LogP contribution in [-0.2, 0) is 19.1 Å². The van der Waals surface area contributed by atoms with Gasteiger partial charge in [-0.3, -0.25) is 9.59 Å². The second-order valence-corrected chi connectivity index (χ2v) is 3.32. The molecule has 0 rings (SSSR count). The number of ether oxygens (including phenoxy) is 2. The molecule has 0 saturated heterocycles. The van der Waals surface area contributed by atoms with Crippen LogP contribution in [0.2, 0.25) is 0 Å². The zero-order chi connectivity index (χ0) is 11.7. The normalized spacial score (nSPS) is 11.9. The summed E-state index contributed by atoms with van der Waals surface area (Å²) in [6.45, 7) is 2.59. The van der Waals surface area contributed by atoms with Crippen molar-refractivity contribution in [3.8, 4) is 0 Å². The summed E-state index contributed by atoms with van der Waals surface area (Å²) in [5.41, 5.74) is 0. The van der Waals surface area contributed by atoms with E-state index in [9.17, 15) is 9.59 Å². The van der Waals surface area contributed by atoms with E-state index in [1.807, 2.05) is 6.92 Å². The first kappa shape index (κ1) is 13.9. The molecule has 0 aliphatic carbocycles. The Hall–Kier alpha value is -1.10. The Morgan fingerprint density at radius 3 is 2.33 bits per heavy atom.